The summed E-state index contributed by atoms with van der Waals surface area (Å²) in [5, 5.41) is 17.8. The molecule has 0 aliphatic rings. The number of carbonyl (C=O) groups is 1. The normalized spacial score (nSPS) is 11.2. The van der Waals surface area contributed by atoms with Gasteiger partial charge in [0.25, 0.3) is 0 Å². The van der Waals surface area contributed by atoms with Crippen LogP contribution in [0, 0.1) is 20.8 Å². The molecule has 0 radical (unpaired) electrons. The average Bonchev–Trinajstić information content (AvgIpc) is 3.11. The van der Waals surface area contributed by atoms with Crippen molar-refractivity contribution in [3.8, 4) is 0 Å². The van der Waals surface area contributed by atoms with Crippen LogP contribution in [-0.2, 0) is 24.7 Å². The van der Waals surface area contributed by atoms with Crippen molar-refractivity contribution >= 4 is 33.4 Å². The Hall–Kier alpha value is -2.35. The van der Waals surface area contributed by atoms with Crippen LogP contribution in [0.25, 0.3) is 11.0 Å². The summed E-state index contributed by atoms with van der Waals surface area (Å²) >= 11 is 1.42. The number of fused-ring (bicyclic) bond motifs is 1. The number of amides is 1. The average molecular weight is 358 g/mol. The van der Waals surface area contributed by atoms with Crippen molar-refractivity contribution in [2.75, 3.05) is 5.32 Å². The minimum Gasteiger partial charge on any atom is -0.301 e. The predicted molar refractivity (Wildman–Crippen MR) is 99.0 cm³/mol. The number of hydrogen-bond acceptors (Lipinski definition) is 6. The molecule has 1 N–H and O–H groups in total. The molecule has 0 aromatic carbocycles. The Bertz CT molecular complexity index is 942. The maximum absolute atomic E-state index is 12.2. The van der Waals surface area contributed by atoms with Gasteiger partial charge in [-0.3, -0.25) is 9.48 Å². The van der Waals surface area contributed by atoms with Crippen LogP contribution in [0.3, 0.4) is 0 Å². The summed E-state index contributed by atoms with van der Waals surface area (Å²) in [4.78, 5) is 16.9. The molecular formula is C17H22N6OS. The van der Waals surface area contributed by atoms with Crippen LogP contribution in [0.2, 0.25) is 0 Å². The van der Waals surface area contributed by atoms with E-state index in [0.29, 0.717) is 18.0 Å². The molecule has 8 heteroatoms. The molecule has 25 heavy (non-hydrogen) atoms. The molecule has 3 aromatic rings. The van der Waals surface area contributed by atoms with Gasteiger partial charge in [-0.1, -0.05) is 18.3 Å². The lowest BCUT2D eigenvalue weighted by molar-refractivity contribution is -0.116. The van der Waals surface area contributed by atoms with Crippen molar-refractivity contribution in [3.05, 3.63) is 27.5 Å². The smallest absolute Gasteiger partial charge is 0.226 e. The summed E-state index contributed by atoms with van der Waals surface area (Å²) in [6.07, 6.45) is 1.84. The first-order chi connectivity index (χ1) is 11.9. The first-order valence-electron chi connectivity index (χ1n) is 8.32. The van der Waals surface area contributed by atoms with E-state index in [1.54, 1.807) is 0 Å². The number of aryl methyl sites for hydroxylation is 5. The number of carbonyl (C=O) groups excluding carboxylic acids is 1. The Morgan fingerprint density at radius 3 is 2.64 bits per heavy atom. The van der Waals surface area contributed by atoms with Gasteiger partial charge in [0.2, 0.25) is 11.0 Å². The second-order valence-corrected chi connectivity index (χ2v) is 7.17. The fourth-order valence-corrected chi connectivity index (χ4v) is 3.79. The summed E-state index contributed by atoms with van der Waals surface area (Å²) < 4.78 is 1.81. The third-order valence-corrected chi connectivity index (χ3v) is 5.33. The minimum absolute atomic E-state index is 0.0550. The molecule has 3 heterocycles. The molecule has 0 aliphatic heterocycles. The highest BCUT2D eigenvalue weighted by Gasteiger charge is 2.16. The lowest BCUT2D eigenvalue weighted by Gasteiger charge is -2.11. The predicted octanol–water partition coefficient (Wildman–Crippen LogP) is 2.88. The zero-order valence-electron chi connectivity index (χ0n) is 15.2. The maximum Gasteiger partial charge on any atom is 0.226 e. The van der Waals surface area contributed by atoms with E-state index in [2.05, 4.69) is 32.5 Å². The number of nitrogens with one attached hydrogen (secondary N) is 1. The van der Waals surface area contributed by atoms with Gasteiger partial charge in [-0.2, -0.15) is 5.10 Å². The zero-order valence-corrected chi connectivity index (χ0v) is 16.0. The number of rotatable bonds is 5. The monoisotopic (exact) mass is 358 g/mol. The molecule has 0 saturated carbocycles. The number of anilines is 1. The zero-order chi connectivity index (χ0) is 18.1. The topological polar surface area (TPSA) is 85.6 Å². The van der Waals surface area contributed by atoms with Crippen molar-refractivity contribution in [1.29, 1.82) is 0 Å². The summed E-state index contributed by atoms with van der Waals surface area (Å²) in [6.45, 7) is 8.07. The Labute approximate surface area is 150 Å². The minimum atomic E-state index is -0.0550. The molecule has 0 fully saturated rings. The SMILES string of the molecule is CCc1nnc(NC(=O)CCc2c(C)nc3c(c(C)nn3C)c2C)s1. The molecule has 0 saturated heterocycles. The van der Waals surface area contributed by atoms with E-state index in [-0.39, 0.29) is 5.91 Å². The fraction of sp³-hybridized carbons (Fsp3) is 0.471. The van der Waals surface area contributed by atoms with Gasteiger partial charge >= 0.3 is 0 Å². The number of hydrogen-bond donors (Lipinski definition) is 1. The van der Waals surface area contributed by atoms with Crippen molar-refractivity contribution in [1.82, 2.24) is 25.0 Å². The molecule has 0 unspecified atom stereocenters. The first kappa shape index (κ1) is 17.5. The Morgan fingerprint density at radius 2 is 1.96 bits per heavy atom. The summed E-state index contributed by atoms with van der Waals surface area (Å²) in [5.74, 6) is -0.0550. The van der Waals surface area contributed by atoms with Crippen molar-refractivity contribution < 1.29 is 4.79 Å². The summed E-state index contributed by atoms with van der Waals surface area (Å²) in [6, 6.07) is 0. The molecule has 7 nitrogen and oxygen atoms in total. The highest BCUT2D eigenvalue weighted by molar-refractivity contribution is 7.15. The second-order valence-electron chi connectivity index (χ2n) is 6.11. The van der Waals surface area contributed by atoms with Gasteiger partial charge in [0.05, 0.1) is 5.69 Å². The molecule has 132 valence electrons. The molecular weight excluding hydrogens is 336 g/mol. The van der Waals surface area contributed by atoms with Crippen LogP contribution < -0.4 is 5.32 Å². The Balaban J connectivity index is 1.76. The highest BCUT2D eigenvalue weighted by atomic mass is 32.1. The first-order valence-corrected chi connectivity index (χ1v) is 9.14. The Morgan fingerprint density at radius 1 is 1.20 bits per heavy atom. The molecule has 0 atom stereocenters. The van der Waals surface area contributed by atoms with E-state index >= 15 is 0 Å². The maximum atomic E-state index is 12.2. The Kier molecular flexibility index (Phi) is 4.80. The van der Waals surface area contributed by atoms with Gasteiger partial charge in [0.15, 0.2) is 5.65 Å². The standard InChI is InChI=1S/C17H22N6OS/c1-6-14-20-21-17(25-14)19-13(24)8-7-12-9(2)15-11(4)22-23(5)16(15)18-10(12)3/h6-8H2,1-5H3,(H,19,21,24). The van der Waals surface area contributed by atoms with E-state index in [9.17, 15) is 4.79 Å². The van der Waals surface area contributed by atoms with Crippen molar-refractivity contribution in [3.63, 3.8) is 0 Å². The van der Waals surface area contributed by atoms with Crippen LogP contribution >= 0.6 is 11.3 Å². The third-order valence-electron chi connectivity index (χ3n) is 4.35. The van der Waals surface area contributed by atoms with Gasteiger partial charge in [-0.25, -0.2) is 4.98 Å². The van der Waals surface area contributed by atoms with Crippen LogP contribution in [0.15, 0.2) is 0 Å². The molecule has 0 bridgehead atoms. The van der Waals surface area contributed by atoms with Gasteiger partial charge in [-0.05, 0) is 44.7 Å². The second kappa shape index (κ2) is 6.87. The fourth-order valence-electron chi connectivity index (χ4n) is 3.10. The highest BCUT2D eigenvalue weighted by Crippen LogP contribution is 2.26. The van der Waals surface area contributed by atoms with Crippen LogP contribution in [0.4, 0.5) is 5.13 Å². The van der Waals surface area contributed by atoms with E-state index < -0.39 is 0 Å². The molecule has 3 aromatic heterocycles. The molecule has 0 spiro atoms. The van der Waals surface area contributed by atoms with Crippen molar-refractivity contribution in [2.24, 2.45) is 7.05 Å². The van der Waals surface area contributed by atoms with E-state index in [1.165, 1.54) is 11.3 Å². The largest absolute Gasteiger partial charge is 0.301 e. The molecule has 0 aliphatic carbocycles. The van der Waals surface area contributed by atoms with Gasteiger partial charge in [0, 0.05) is 24.5 Å². The molecule has 1 amide bonds. The summed E-state index contributed by atoms with van der Waals surface area (Å²) in [7, 11) is 1.90. The van der Waals surface area contributed by atoms with Gasteiger partial charge in [0.1, 0.15) is 5.01 Å². The third kappa shape index (κ3) is 3.39. The van der Waals surface area contributed by atoms with E-state index in [1.807, 2.05) is 32.5 Å². The summed E-state index contributed by atoms with van der Waals surface area (Å²) in [5.41, 5.74) is 5.08. The van der Waals surface area contributed by atoms with Crippen molar-refractivity contribution in [2.45, 2.75) is 47.0 Å². The number of pyridine rings is 1. The van der Waals surface area contributed by atoms with E-state index in [0.717, 1.165) is 45.0 Å². The van der Waals surface area contributed by atoms with Gasteiger partial charge < -0.3 is 5.32 Å². The molecule has 3 rings (SSSR count). The number of nitrogens with zero attached hydrogens (tertiary/aromatic N) is 5. The number of aromatic nitrogens is 5. The quantitative estimate of drug-likeness (QED) is 0.758. The van der Waals surface area contributed by atoms with Crippen LogP contribution in [0.5, 0.6) is 0 Å². The lowest BCUT2D eigenvalue weighted by Crippen LogP contribution is -2.13. The van der Waals surface area contributed by atoms with Crippen LogP contribution in [0.1, 0.15) is 40.9 Å². The van der Waals surface area contributed by atoms with Crippen LogP contribution in [-0.4, -0.2) is 30.9 Å². The lowest BCUT2D eigenvalue weighted by atomic mass is 9.99. The van der Waals surface area contributed by atoms with E-state index in [4.69, 9.17) is 0 Å². The van der Waals surface area contributed by atoms with Gasteiger partial charge in [-0.15, -0.1) is 10.2 Å².